The highest BCUT2D eigenvalue weighted by Crippen LogP contribution is 2.08. The standard InChI is InChI=1S/C8H19NO/c1-4-7(2)5-8(10)6-9-3/h7-10H,4-6H2,1-3H3. The van der Waals surface area contributed by atoms with Gasteiger partial charge >= 0.3 is 0 Å². The summed E-state index contributed by atoms with van der Waals surface area (Å²) >= 11 is 0. The Kier molecular flexibility index (Phi) is 5.64. The highest BCUT2D eigenvalue weighted by Gasteiger charge is 2.06. The molecular formula is C8H19NO. The second kappa shape index (κ2) is 5.69. The first-order chi connectivity index (χ1) is 4.70. The van der Waals surface area contributed by atoms with E-state index >= 15 is 0 Å². The largest absolute Gasteiger partial charge is 0.392 e. The molecule has 0 aromatic carbocycles. The Morgan fingerprint density at radius 1 is 1.50 bits per heavy atom. The molecule has 0 saturated heterocycles. The molecule has 0 saturated carbocycles. The second-order valence-electron chi connectivity index (χ2n) is 2.96. The summed E-state index contributed by atoms with van der Waals surface area (Å²) in [5.41, 5.74) is 0. The van der Waals surface area contributed by atoms with Crippen LogP contribution < -0.4 is 5.32 Å². The predicted molar refractivity (Wildman–Crippen MR) is 44.0 cm³/mol. The predicted octanol–water partition coefficient (Wildman–Crippen LogP) is 1.00. The molecule has 0 aromatic rings. The Bertz CT molecular complexity index is 75.7. The summed E-state index contributed by atoms with van der Waals surface area (Å²) in [6.45, 7) is 5.03. The lowest BCUT2D eigenvalue weighted by Crippen LogP contribution is -2.25. The molecule has 0 fully saturated rings. The van der Waals surface area contributed by atoms with Gasteiger partial charge in [-0.1, -0.05) is 20.3 Å². The fourth-order valence-corrected chi connectivity index (χ4v) is 0.950. The number of aliphatic hydroxyl groups is 1. The fraction of sp³-hybridized carbons (Fsp3) is 1.00. The fourth-order valence-electron chi connectivity index (χ4n) is 0.950. The van der Waals surface area contributed by atoms with Crippen molar-refractivity contribution in [2.75, 3.05) is 13.6 Å². The second-order valence-corrected chi connectivity index (χ2v) is 2.96. The molecule has 0 bridgehead atoms. The molecule has 0 amide bonds. The molecule has 2 N–H and O–H groups in total. The smallest absolute Gasteiger partial charge is 0.0667 e. The highest BCUT2D eigenvalue weighted by atomic mass is 16.3. The summed E-state index contributed by atoms with van der Waals surface area (Å²) < 4.78 is 0. The molecule has 0 radical (unpaired) electrons. The van der Waals surface area contributed by atoms with Crippen molar-refractivity contribution in [3.63, 3.8) is 0 Å². The van der Waals surface area contributed by atoms with Gasteiger partial charge in [0, 0.05) is 6.54 Å². The average Bonchev–Trinajstić information content (AvgIpc) is 1.88. The van der Waals surface area contributed by atoms with Crippen LogP contribution in [0.2, 0.25) is 0 Å². The Balaban J connectivity index is 3.27. The van der Waals surface area contributed by atoms with Gasteiger partial charge in [0.05, 0.1) is 6.10 Å². The number of hydrogen-bond donors (Lipinski definition) is 2. The lowest BCUT2D eigenvalue weighted by Gasteiger charge is -2.13. The monoisotopic (exact) mass is 145 g/mol. The third-order valence-electron chi connectivity index (χ3n) is 1.81. The van der Waals surface area contributed by atoms with E-state index in [1.807, 2.05) is 7.05 Å². The first-order valence-electron chi connectivity index (χ1n) is 4.03. The third kappa shape index (κ3) is 4.77. The first-order valence-corrected chi connectivity index (χ1v) is 4.03. The minimum absolute atomic E-state index is 0.167. The van der Waals surface area contributed by atoms with Crippen LogP contribution in [0.4, 0.5) is 0 Å². The van der Waals surface area contributed by atoms with Crippen LogP contribution in [0.25, 0.3) is 0 Å². The van der Waals surface area contributed by atoms with Gasteiger partial charge in [-0.3, -0.25) is 0 Å². The Hall–Kier alpha value is -0.0800. The lowest BCUT2D eigenvalue weighted by molar-refractivity contribution is 0.144. The van der Waals surface area contributed by atoms with E-state index in [9.17, 15) is 5.11 Å². The minimum atomic E-state index is -0.167. The lowest BCUT2D eigenvalue weighted by atomic mass is 10.0. The van der Waals surface area contributed by atoms with Crippen LogP contribution in [0.3, 0.4) is 0 Å². The molecule has 0 spiro atoms. The van der Waals surface area contributed by atoms with Crippen molar-refractivity contribution in [3.8, 4) is 0 Å². The van der Waals surface area contributed by atoms with Crippen molar-refractivity contribution in [1.29, 1.82) is 0 Å². The van der Waals surface area contributed by atoms with Crippen LogP contribution in [0.15, 0.2) is 0 Å². The highest BCUT2D eigenvalue weighted by molar-refractivity contribution is 4.61. The first kappa shape index (κ1) is 9.92. The molecule has 10 heavy (non-hydrogen) atoms. The van der Waals surface area contributed by atoms with Crippen LogP contribution in [0.1, 0.15) is 26.7 Å². The Morgan fingerprint density at radius 3 is 2.50 bits per heavy atom. The molecule has 2 heteroatoms. The Labute approximate surface area is 63.6 Å². The number of aliphatic hydroxyl groups excluding tert-OH is 1. The minimum Gasteiger partial charge on any atom is -0.392 e. The molecule has 0 heterocycles. The number of rotatable bonds is 5. The van der Waals surface area contributed by atoms with E-state index < -0.39 is 0 Å². The van der Waals surface area contributed by atoms with E-state index in [1.165, 1.54) is 0 Å². The molecule has 62 valence electrons. The van der Waals surface area contributed by atoms with Crippen LogP contribution in [-0.4, -0.2) is 24.8 Å². The molecule has 0 rings (SSSR count). The topological polar surface area (TPSA) is 32.3 Å². The number of nitrogens with one attached hydrogen (secondary N) is 1. The van der Waals surface area contributed by atoms with Gasteiger partial charge < -0.3 is 10.4 Å². The van der Waals surface area contributed by atoms with Gasteiger partial charge in [-0.2, -0.15) is 0 Å². The molecule has 2 atom stereocenters. The molecule has 2 unspecified atom stereocenters. The van der Waals surface area contributed by atoms with E-state index in [0.29, 0.717) is 12.5 Å². The van der Waals surface area contributed by atoms with Crippen molar-refractivity contribution in [2.24, 2.45) is 5.92 Å². The van der Waals surface area contributed by atoms with E-state index in [1.54, 1.807) is 0 Å². The summed E-state index contributed by atoms with van der Waals surface area (Å²) in [4.78, 5) is 0. The molecule has 0 aromatic heterocycles. The van der Waals surface area contributed by atoms with Crippen LogP contribution in [0, 0.1) is 5.92 Å². The maximum atomic E-state index is 9.29. The van der Waals surface area contributed by atoms with E-state index in [-0.39, 0.29) is 6.10 Å². The van der Waals surface area contributed by atoms with Crippen molar-refractivity contribution in [2.45, 2.75) is 32.8 Å². The zero-order valence-corrected chi connectivity index (χ0v) is 7.22. The van der Waals surface area contributed by atoms with Gasteiger partial charge in [0.2, 0.25) is 0 Å². The van der Waals surface area contributed by atoms with Crippen LogP contribution >= 0.6 is 0 Å². The summed E-state index contributed by atoms with van der Waals surface area (Å²) in [6.07, 6.45) is 1.90. The van der Waals surface area contributed by atoms with Crippen molar-refractivity contribution >= 4 is 0 Å². The SMILES string of the molecule is CCC(C)CC(O)CNC. The average molecular weight is 145 g/mol. The Morgan fingerprint density at radius 2 is 2.10 bits per heavy atom. The van der Waals surface area contributed by atoms with E-state index in [4.69, 9.17) is 0 Å². The zero-order valence-electron chi connectivity index (χ0n) is 7.22. The summed E-state index contributed by atoms with van der Waals surface area (Å²) in [5.74, 6) is 0.642. The maximum Gasteiger partial charge on any atom is 0.0667 e. The van der Waals surface area contributed by atoms with Gasteiger partial charge in [0.15, 0.2) is 0 Å². The van der Waals surface area contributed by atoms with Crippen molar-refractivity contribution in [1.82, 2.24) is 5.32 Å². The summed E-state index contributed by atoms with van der Waals surface area (Å²) in [6, 6.07) is 0. The summed E-state index contributed by atoms with van der Waals surface area (Å²) in [7, 11) is 1.86. The number of hydrogen-bond acceptors (Lipinski definition) is 2. The van der Waals surface area contributed by atoms with E-state index in [2.05, 4.69) is 19.2 Å². The van der Waals surface area contributed by atoms with Gasteiger partial charge in [-0.25, -0.2) is 0 Å². The molecular weight excluding hydrogens is 126 g/mol. The van der Waals surface area contributed by atoms with Gasteiger partial charge in [-0.15, -0.1) is 0 Å². The number of likely N-dealkylation sites (N-methyl/N-ethyl adjacent to an activating group) is 1. The van der Waals surface area contributed by atoms with Crippen molar-refractivity contribution in [3.05, 3.63) is 0 Å². The summed E-state index contributed by atoms with van der Waals surface area (Å²) in [5, 5.41) is 12.2. The molecule has 0 aliphatic heterocycles. The van der Waals surface area contributed by atoms with E-state index in [0.717, 1.165) is 12.8 Å². The molecule has 0 aliphatic carbocycles. The van der Waals surface area contributed by atoms with Gasteiger partial charge in [0.25, 0.3) is 0 Å². The molecule has 0 aliphatic rings. The van der Waals surface area contributed by atoms with Gasteiger partial charge in [-0.05, 0) is 19.4 Å². The zero-order chi connectivity index (χ0) is 7.98. The van der Waals surface area contributed by atoms with Crippen LogP contribution in [-0.2, 0) is 0 Å². The molecule has 2 nitrogen and oxygen atoms in total. The normalized spacial score (nSPS) is 16.8. The third-order valence-corrected chi connectivity index (χ3v) is 1.81. The maximum absolute atomic E-state index is 9.29. The quantitative estimate of drug-likeness (QED) is 0.605. The van der Waals surface area contributed by atoms with Gasteiger partial charge in [0.1, 0.15) is 0 Å². The van der Waals surface area contributed by atoms with Crippen LogP contribution in [0.5, 0.6) is 0 Å². The van der Waals surface area contributed by atoms with Crippen molar-refractivity contribution < 1.29 is 5.11 Å².